The summed E-state index contributed by atoms with van der Waals surface area (Å²) < 4.78 is 52.4. The van der Waals surface area contributed by atoms with Gasteiger partial charge in [0.15, 0.2) is 0 Å². The molecule has 1 aromatic heterocycles. The first-order valence-electron chi connectivity index (χ1n) is 8.49. The van der Waals surface area contributed by atoms with E-state index in [1.807, 2.05) is 0 Å². The minimum Gasteiger partial charge on any atom is -0.310 e. The Morgan fingerprint density at radius 2 is 1.92 bits per heavy atom. The molecule has 0 atom stereocenters. The third-order valence-electron chi connectivity index (χ3n) is 5.13. The zero-order valence-electron chi connectivity index (χ0n) is 13.8. The monoisotopic (exact) mass is 364 g/mol. The van der Waals surface area contributed by atoms with Gasteiger partial charge in [0.05, 0.1) is 23.4 Å². The SMILES string of the molecule is O=C1Cc2ncc(-c3ccc(F)c(C(F)(F)F)c3)cc2N1CC1CCC1. The van der Waals surface area contributed by atoms with Crippen LogP contribution < -0.4 is 4.90 Å². The fourth-order valence-corrected chi connectivity index (χ4v) is 3.44. The van der Waals surface area contributed by atoms with E-state index in [1.54, 1.807) is 11.0 Å². The lowest BCUT2D eigenvalue weighted by atomic mass is 9.85. The van der Waals surface area contributed by atoms with Gasteiger partial charge < -0.3 is 4.90 Å². The molecule has 1 saturated carbocycles. The molecule has 0 unspecified atom stereocenters. The molecule has 2 aromatic rings. The van der Waals surface area contributed by atoms with E-state index in [-0.39, 0.29) is 17.9 Å². The molecule has 1 fully saturated rings. The van der Waals surface area contributed by atoms with Crippen molar-refractivity contribution in [2.45, 2.75) is 31.9 Å². The first-order chi connectivity index (χ1) is 12.3. The number of amides is 1. The molecule has 0 spiro atoms. The van der Waals surface area contributed by atoms with Gasteiger partial charge in [0.1, 0.15) is 5.82 Å². The summed E-state index contributed by atoms with van der Waals surface area (Å²) in [6.45, 7) is 0.619. The lowest BCUT2D eigenvalue weighted by Gasteiger charge is -2.30. The van der Waals surface area contributed by atoms with Gasteiger partial charge in [0.2, 0.25) is 5.91 Å². The Balaban J connectivity index is 1.70. The molecule has 0 radical (unpaired) electrons. The summed E-state index contributed by atoms with van der Waals surface area (Å²) in [4.78, 5) is 18.2. The number of carbonyl (C=O) groups is 1. The van der Waals surface area contributed by atoms with Gasteiger partial charge in [-0.3, -0.25) is 9.78 Å². The Bertz CT molecular complexity index is 874. The maximum Gasteiger partial charge on any atom is 0.419 e. The zero-order valence-corrected chi connectivity index (χ0v) is 13.8. The fourth-order valence-electron chi connectivity index (χ4n) is 3.44. The lowest BCUT2D eigenvalue weighted by molar-refractivity contribution is -0.140. The summed E-state index contributed by atoms with van der Waals surface area (Å²) in [5, 5.41) is 0. The molecule has 1 aliphatic heterocycles. The van der Waals surface area contributed by atoms with Crippen LogP contribution in [-0.2, 0) is 17.4 Å². The molecule has 1 aliphatic carbocycles. The number of fused-ring (bicyclic) bond motifs is 1. The molecule has 0 saturated heterocycles. The van der Waals surface area contributed by atoms with E-state index < -0.39 is 17.6 Å². The highest BCUT2D eigenvalue weighted by Gasteiger charge is 2.35. The Hall–Kier alpha value is -2.44. The molecule has 2 heterocycles. The smallest absolute Gasteiger partial charge is 0.310 e. The molecule has 7 heteroatoms. The van der Waals surface area contributed by atoms with Gasteiger partial charge in [-0.15, -0.1) is 0 Å². The van der Waals surface area contributed by atoms with E-state index >= 15 is 0 Å². The molecule has 4 rings (SSSR count). The first-order valence-corrected chi connectivity index (χ1v) is 8.49. The molecule has 1 aromatic carbocycles. The van der Waals surface area contributed by atoms with Gasteiger partial charge in [-0.25, -0.2) is 4.39 Å². The second kappa shape index (κ2) is 6.07. The second-order valence-corrected chi connectivity index (χ2v) is 6.86. The van der Waals surface area contributed by atoms with Crippen molar-refractivity contribution in [2.75, 3.05) is 11.4 Å². The lowest BCUT2D eigenvalue weighted by Crippen LogP contribution is -2.34. The number of aromatic nitrogens is 1. The van der Waals surface area contributed by atoms with Gasteiger partial charge in [-0.1, -0.05) is 12.5 Å². The van der Waals surface area contributed by atoms with Crippen molar-refractivity contribution >= 4 is 11.6 Å². The van der Waals surface area contributed by atoms with Crippen LogP contribution in [0.15, 0.2) is 30.5 Å². The van der Waals surface area contributed by atoms with Crippen LogP contribution >= 0.6 is 0 Å². The predicted octanol–water partition coefficient (Wildman–Crippen LogP) is 4.60. The third kappa shape index (κ3) is 2.95. The van der Waals surface area contributed by atoms with Crippen molar-refractivity contribution < 1.29 is 22.4 Å². The summed E-state index contributed by atoms with van der Waals surface area (Å²) in [5.41, 5.74) is 0.631. The highest BCUT2D eigenvalue weighted by atomic mass is 19.4. The van der Waals surface area contributed by atoms with Gasteiger partial charge in [0, 0.05) is 18.3 Å². The van der Waals surface area contributed by atoms with Crippen LogP contribution in [0, 0.1) is 11.7 Å². The quantitative estimate of drug-likeness (QED) is 0.746. The molecule has 1 amide bonds. The molecule has 0 N–H and O–H groups in total. The summed E-state index contributed by atoms with van der Waals surface area (Å²) in [6.07, 6.45) is 0.203. The summed E-state index contributed by atoms with van der Waals surface area (Å²) in [7, 11) is 0. The molecule has 26 heavy (non-hydrogen) atoms. The van der Waals surface area contributed by atoms with Crippen molar-refractivity contribution in [3.05, 3.63) is 47.5 Å². The van der Waals surface area contributed by atoms with Crippen LogP contribution in [0.4, 0.5) is 23.2 Å². The Labute approximate surface area is 147 Å². The minimum atomic E-state index is -4.77. The minimum absolute atomic E-state index is 0.0355. The van der Waals surface area contributed by atoms with Crippen molar-refractivity contribution in [2.24, 2.45) is 5.92 Å². The van der Waals surface area contributed by atoms with Crippen molar-refractivity contribution in [1.29, 1.82) is 0 Å². The topological polar surface area (TPSA) is 33.2 Å². The third-order valence-corrected chi connectivity index (χ3v) is 5.13. The zero-order chi connectivity index (χ0) is 18.5. The number of rotatable bonds is 3. The van der Waals surface area contributed by atoms with Crippen LogP contribution in [0.2, 0.25) is 0 Å². The summed E-state index contributed by atoms with van der Waals surface area (Å²) in [6, 6.07) is 4.56. The van der Waals surface area contributed by atoms with Gasteiger partial charge in [0.25, 0.3) is 0 Å². The molecule has 3 nitrogen and oxygen atoms in total. The number of hydrogen-bond donors (Lipinski definition) is 0. The van der Waals surface area contributed by atoms with Crippen molar-refractivity contribution in [1.82, 2.24) is 4.98 Å². The van der Waals surface area contributed by atoms with Gasteiger partial charge in [-0.05, 0) is 42.5 Å². The highest BCUT2D eigenvalue weighted by molar-refractivity contribution is 6.01. The van der Waals surface area contributed by atoms with E-state index in [0.29, 0.717) is 29.4 Å². The first kappa shape index (κ1) is 17.0. The number of halogens is 4. The number of carbonyl (C=O) groups excluding carboxylic acids is 1. The van der Waals surface area contributed by atoms with Crippen LogP contribution in [0.5, 0.6) is 0 Å². The van der Waals surface area contributed by atoms with E-state index in [2.05, 4.69) is 4.98 Å². The Morgan fingerprint density at radius 3 is 2.58 bits per heavy atom. The summed E-state index contributed by atoms with van der Waals surface area (Å²) in [5.74, 6) is -0.875. The Morgan fingerprint density at radius 1 is 1.15 bits per heavy atom. The van der Waals surface area contributed by atoms with Crippen molar-refractivity contribution in [3.8, 4) is 11.1 Å². The number of hydrogen-bond acceptors (Lipinski definition) is 2. The number of alkyl halides is 3. The van der Waals surface area contributed by atoms with Crippen LogP contribution in [0.3, 0.4) is 0 Å². The van der Waals surface area contributed by atoms with E-state index in [4.69, 9.17) is 0 Å². The highest BCUT2D eigenvalue weighted by Crippen LogP contribution is 2.37. The molecular weight excluding hydrogens is 348 g/mol. The number of nitrogens with zero attached hydrogens (tertiary/aromatic N) is 2. The van der Waals surface area contributed by atoms with Crippen molar-refractivity contribution in [3.63, 3.8) is 0 Å². The Kier molecular flexibility index (Phi) is 3.97. The average molecular weight is 364 g/mol. The van der Waals surface area contributed by atoms with Gasteiger partial charge >= 0.3 is 6.18 Å². The second-order valence-electron chi connectivity index (χ2n) is 6.86. The van der Waals surface area contributed by atoms with E-state index in [9.17, 15) is 22.4 Å². The molecule has 0 bridgehead atoms. The number of benzene rings is 1. The van der Waals surface area contributed by atoms with E-state index in [0.717, 1.165) is 31.4 Å². The maximum atomic E-state index is 13.5. The normalized spacial score (nSPS) is 17.4. The molecular formula is C19H16F4N2O. The standard InChI is InChI=1S/C19H16F4N2O/c20-15-5-4-12(6-14(15)19(21,22)23)13-7-17-16(24-9-13)8-18(26)25(17)10-11-2-1-3-11/h4-7,9,11H,1-3,8,10H2. The summed E-state index contributed by atoms with van der Waals surface area (Å²) >= 11 is 0. The van der Waals surface area contributed by atoms with Gasteiger partial charge in [-0.2, -0.15) is 13.2 Å². The molecule has 136 valence electrons. The number of anilines is 1. The van der Waals surface area contributed by atoms with Crippen LogP contribution in [0.25, 0.3) is 11.1 Å². The maximum absolute atomic E-state index is 13.5. The van der Waals surface area contributed by atoms with Crippen LogP contribution in [0.1, 0.15) is 30.5 Å². The number of pyridine rings is 1. The predicted molar refractivity (Wildman–Crippen MR) is 88.0 cm³/mol. The fraction of sp³-hybridized carbons (Fsp3) is 0.368. The average Bonchev–Trinajstić information content (AvgIpc) is 2.85. The largest absolute Gasteiger partial charge is 0.419 e. The van der Waals surface area contributed by atoms with Crippen LogP contribution in [-0.4, -0.2) is 17.4 Å². The van der Waals surface area contributed by atoms with E-state index in [1.165, 1.54) is 12.3 Å². The molecule has 2 aliphatic rings.